The van der Waals surface area contributed by atoms with Crippen molar-refractivity contribution in [1.29, 1.82) is 0 Å². The van der Waals surface area contributed by atoms with Gasteiger partial charge in [-0.2, -0.15) is 0 Å². The van der Waals surface area contributed by atoms with Crippen LogP contribution in [-0.2, 0) is 9.59 Å². The van der Waals surface area contributed by atoms with E-state index >= 15 is 0 Å². The zero-order chi connectivity index (χ0) is 15.9. The van der Waals surface area contributed by atoms with Crippen molar-refractivity contribution < 1.29 is 9.59 Å². The lowest BCUT2D eigenvalue weighted by molar-refractivity contribution is -0.138. The van der Waals surface area contributed by atoms with Crippen LogP contribution in [0.1, 0.15) is 47.9 Å². The van der Waals surface area contributed by atoms with Gasteiger partial charge >= 0.3 is 0 Å². The van der Waals surface area contributed by atoms with Crippen molar-refractivity contribution in [2.45, 2.75) is 39.5 Å². The molecule has 0 atom stereocenters. The second kappa shape index (κ2) is 5.37. The summed E-state index contributed by atoms with van der Waals surface area (Å²) in [5, 5.41) is 3.19. The van der Waals surface area contributed by atoms with E-state index in [0.717, 1.165) is 35.3 Å². The zero-order valence-corrected chi connectivity index (χ0v) is 13.4. The molecule has 1 spiro atoms. The molecule has 1 saturated heterocycles. The number of ketones is 2. The maximum Gasteiger partial charge on any atom is 0.148 e. The van der Waals surface area contributed by atoms with Crippen LogP contribution in [0.5, 0.6) is 0 Å². The molecule has 3 rings (SSSR count). The molecule has 0 amide bonds. The number of hydrogen-bond acceptors (Lipinski definition) is 3. The molecule has 1 aliphatic heterocycles. The van der Waals surface area contributed by atoms with E-state index in [9.17, 15) is 9.59 Å². The number of benzene rings is 1. The molecule has 3 nitrogen and oxygen atoms in total. The van der Waals surface area contributed by atoms with E-state index in [0.29, 0.717) is 12.8 Å². The van der Waals surface area contributed by atoms with Gasteiger partial charge in [-0.25, -0.2) is 0 Å². The minimum atomic E-state index is -0.574. The fourth-order valence-electron chi connectivity index (χ4n) is 3.88. The Morgan fingerprint density at radius 2 is 1.64 bits per heavy atom. The highest BCUT2D eigenvalue weighted by Gasteiger charge is 2.49. The fourth-order valence-corrected chi connectivity index (χ4v) is 3.88. The standard InChI is InChI=1S/C19H21NO2/c1-4-5-14-6-12(2)17(13(3)7-14)18-15(21)8-19(9-16(18)22)10-20-11-19/h6-7,18,20H,8-11H2,1-3H3. The molecule has 1 N–H and O–H groups in total. The summed E-state index contributed by atoms with van der Waals surface area (Å²) in [7, 11) is 0. The highest BCUT2D eigenvalue weighted by atomic mass is 16.2. The smallest absolute Gasteiger partial charge is 0.148 e. The molecule has 1 saturated carbocycles. The maximum absolute atomic E-state index is 12.7. The largest absolute Gasteiger partial charge is 0.315 e. The number of nitrogens with one attached hydrogen (secondary N) is 1. The van der Waals surface area contributed by atoms with Crippen LogP contribution in [0.4, 0.5) is 0 Å². The number of hydrogen-bond donors (Lipinski definition) is 1. The van der Waals surface area contributed by atoms with Crippen molar-refractivity contribution in [2.24, 2.45) is 5.41 Å². The fraction of sp³-hybridized carbons (Fsp3) is 0.474. The van der Waals surface area contributed by atoms with Crippen molar-refractivity contribution in [1.82, 2.24) is 5.32 Å². The maximum atomic E-state index is 12.7. The van der Waals surface area contributed by atoms with E-state index in [4.69, 9.17) is 0 Å². The van der Waals surface area contributed by atoms with Gasteiger partial charge in [0.05, 0.1) is 0 Å². The molecule has 2 aliphatic rings. The van der Waals surface area contributed by atoms with Gasteiger partial charge in [-0.1, -0.05) is 5.92 Å². The van der Waals surface area contributed by atoms with Gasteiger partial charge in [0.25, 0.3) is 0 Å². The van der Waals surface area contributed by atoms with Crippen LogP contribution in [0.15, 0.2) is 12.1 Å². The molecule has 0 aromatic heterocycles. The minimum absolute atomic E-state index is 0.0817. The third-order valence-corrected chi connectivity index (χ3v) is 4.89. The lowest BCUT2D eigenvalue weighted by Gasteiger charge is -2.46. The van der Waals surface area contributed by atoms with Crippen LogP contribution in [0.25, 0.3) is 0 Å². The summed E-state index contributed by atoms with van der Waals surface area (Å²) in [6.07, 6.45) is 1.04. The Bertz CT molecular complexity index is 674. The Kier molecular flexibility index (Phi) is 3.66. The van der Waals surface area contributed by atoms with Gasteiger partial charge in [0.15, 0.2) is 0 Å². The monoisotopic (exact) mass is 295 g/mol. The summed E-state index contributed by atoms with van der Waals surface area (Å²) in [5.41, 5.74) is 3.73. The molecule has 114 valence electrons. The summed E-state index contributed by atoms with van der Waals surface area (Å²) in [4.78, 5) is 25.3. The van der Waals surface area contributed by atoms with Gasteiger partial charge in [0.1, 0.15) is 17.5 Å². The topological polar surface area (TPSA) is 46.2 Å². The van der Waals surface area contributed by atoms with Crippen molar-refractivity contribution in [3.63, 3.8) is 0 Å². The third kappa shape index (κ3) is 2.38. The summed E-state index contributed by atoms with van der Waals surface area (Å²) in [6, 6.07) is 3.96. The molecule has 1 heterocycles. The van der Waals surface area contributed by atoms with E-state index in [1.54, 1.807) is 6.92 Å². The summed E-state index contributed by atoms with van der Waals surface area (Å²) < 4.78 is 0. The molecular formula is C19H21NO2. The SMILES string of the molecule is CC#Cc1cc(C)c(C2C(=O)CC3(CNC3)CC2=O)c(C)c1. The molecule has 1 aliphatic carbocycles. The van der Waals surface area contributed by atoms with Gasteiger partial charge in [0, 0.05) is 36.9 Å². The number of carbonyl (C=O) groups is 2. The van der Waals surface area contributed by atoms with E-state index in [1.807, 2.05) is 26.0 Å². The van der Waals surface area contributed by atoms with Crippen LogP contribution in [-0.4, -0.2) is 24.7 Å². The summed E-state index contributed by atoms with van der Waals surface area (Å²) >= 11 is 0. The summed E-state index contributed by atoms with van der Waals surface area (Å²) in [6.45, 7) is 7.33. The highest BCUT2D eigenvalue weighted by Crippen LogP contribution is 2.42. The Balaban J connectivity index is 1.98. The van der Waals surface area contributed by atoms with Crippen molar-refractivity contribution >= 4 is 11.6 Å². The average molecular weight is 295 g/mol. The van der Waals surface area contributed by atoms with Crippen LogP contribution in [0, 0.1) is 31.1 Å². The molecule has 0 bridgehead atoms. The normalized spacial score (nSPS) is 20.5. The van der Waals surface area contributed by atoms with Crippen molar-refractivity contribution in [3.8, 4) is 11.8 Å². The Morgan fingerprint density at radius 1 is 1.09 bits per heavy atom. The van der Waals surface area contributed by atoms with Crippen LogP contribution < -0.4 is 5.32 Å². The molecule has 1 aromatic carbocycles. The minimum Gasteiger partial charge on any atom is -0.315 e. The lowest BCUT2D eigenvalue weighted by Crippen LogP contribution is -2.58. The van der Waals surface area contributed by atoms with E-state index in [-0.39, 0.29) is 17.0 Å². The molecule has 0 unspecified atom stereocenters. The van der Waals surface area contributed by atoms with E-state index < -0.39 is 5.92 Å². The predicted molar refractivity (Wildman–Crippen MR) is 85.8 cm³/mol. The third-order valence-electron chi connectivity index (χ3n) is 4.89. The van der Waals surface area contributed by atoms with E-state index in [1.165, 1.54) is 0 Å². The van der Waals surface area contributed by atoms with Gasteiger partial charge in [-0.15, -0.1) is 5.92 Å². The van der Waals surface area contributed by atoms with Gasteiger partial charge in [-0.05, 0) is 49.6 Å². The molecular weight excluding hydrogens is 274 g/mol. The van der Waals surface area contributed by atoms with Crippen molar-refractivity contribution in [2.75, 3.05) is 13.1 Å². The number of rotatable bonds is 1. The van der Waals surface area contributed by atoms with Gasteiger partial charge in [0.2, 0.25) is 0 Å². The average Bonchev–Trinajstić information content (AvgIpc) is 2.39. The van der Waals surface area contributed by atoms with Crippen LogP contribution >= 0.6 is 0 Å². The molecule has 22 heavy (non-hydrogen) atoms. The predicted octanol–water partition coefficient (Wildman–Crippen LogP) is 2.28. The van der Waals surface area contributed by atoms with Crippen molar-refractivity contribution in [3.05, 3.63) is 34.4 Å². The lowest BCUT2D eigenvalue weighted by atomic mass is 9.64. The summed E-state index contributed by atoms with van der Waals surface area (Å²) in [5.74, 6) is 5.52. The quantitative estimate of drug-likeness (QED) is 0.638. The highest BCUT2D eigenvalue weighted by molar-refractivity contribution is 6.10. The second-order valence-electron chi connectivity index (χ2n) is 6.72. The Morgan fingerprint density at radius 3 is 2.05 bits per heavy atom. The van der Waals surface area contributed by atoms with Crippen LogP contribution in [0.2, 0.25) is 0 Å². The number of Topliss-reactive ketones (excluding diaryl/α,β-unsaturated/α-hetero) is 2. The van der Waals surface area contributed by atoms with E-state index in [2.05, 4.69) is 17.2 Å². The van der Waals surface area contributed by atoms with Gasteiger partial charge in [-0.3, -0.25) is 9.59 Å². The number of aryl methyl sites for hydroxylation is 2. The first kappa shape index (κ1) is 15.0. The number of carbonyl (C=O) groups excluding carboxylic acids is 2. The first-order valence-corrected chi connectivity index (χ1v) is 7.76. The molecule has 3 heteroatoms. The molecule has 1 aromatic rings. The zero-order valence-electron chi connectivity index (χ0n) is 13.4. The first-order valence-electron chi connectivity index (χ1n) is 7.76. The second-order valence-corrected chi connectivity index (χ2v) is 6.72. The Hall–Kier alpha value is -1.92. The first-order chi connectivity index (χ1) is 10.5. The molecule has 0 radical (unpaired) electrons. The van der Waals surface area contributed by atoms with Gasteiger partial charge < -0.3 is 5.32 Å². The van der Waals surface area contributed by atoms with Crippen LogP contribution in [0.3, 0.4) is 0 Å². The molecule has 2 fully saturated rings. The Labute approximate surface area is 131 Å².